The SMILES string of the molecule is CCCCCCCCCCCCc1cc([N+](=O)[O-])c2c(c1O)C(=O)c1c(O)c(CCCCCCCC)cc([N+](=O)[O-])c1C2=O. The van der Waals surface area contributed by atoms with E-state index in [0.29, 0.717) is 12.8 Å². The Morgan fingerprint density at radius 1 is 0.523 bits per heavy atom. The van der Waals surface area contributed by atoms with E-state index in [1.807, 2.05) is 0 Å². The molecule has 0 saturated heterocycles. The fraction of sp³-hybridized carbons (Fsp3) is 0.588. The van der Waals surface area contributed by atoms with Crippen molar-refractivity contribution in [2.75, 3.05) is 0 Å². The number of fused-ring (bicyclic) bond motifs is 2. The van der Waals surface area contributed by atoms with E-state index in [9.17, 15) is 40.0 Å². The zero-order chi connectivity index (χ0) is 32.2. The highest BCUT2D eigenvalue weighted by Crippen LogP contribution is 2.46. The number of benzene rings is 2. The monoisotopic (exact) mass is 610 g/mol. The third-order valence-electron chi connectivity index (χ3n) is 8.62. The molecule has 0 atom stereocenters. The van der Waals surface area contributed by atoms with E-state index in [0.717, 1.165) is 69.9 Å². The number of ketones is 2. The van der Waals surface area contributed by atoms with Crippen LogP contribution < -0.4 is 0 Å². The van der Waals surface area contributed by atoms with Gasteiger partial charge in [-0.1, -0.05) is 104 Å². The molecule has 0 fully saturated rings. The molecule has 0 radical (unpaired) electrons. The molecule has 0 spiro atoms. The van der Waals surface area contributed by atoms with E-state index in [4.69, 9.17) is 0 Å². The number of carbonyl (C=O) groups is 2. The van der Waals surface area contributed by atoms with Gasteiger partial charge in [-0.15, -0.1) is 0 Å². The predicted octanol–water partition coefficient (Wildman–Crippen LogP) is 9.06. The number of hydrogen-bond donors (Lipinski definition) is 2. The number of hydrogen-bond acceptors (Lipinski definition) is 8. The van der Waals surface area contributed by atoms with Gasteiger partial charge in [0.05, 0.1) is 21.0 Å². The van der Waals surface area contributed by atoms with E-state index >= 15 is 0 Å². The third-order valence-corrected chi connectivity index (χ3v) is 8.62. The summed E-state index contributed by atoms with van der Waals surface area (Å²) in [7, 11) is 0. The Balaban J connectivity index is 1.87. The summed E-state index contributed by atoms with van der Waals surface area (Å²) in [6.45, 7) is 4.29. The normalized spacial score (nSPS) is 12.3. The number of carbonyl (C=O) groups excluding carboxylic acids is 2. The van der Waals surface area contributed by atoms with Crippen LogP contribution in [-0.2, 0) is 12.8 Å². The molecule has 0 aliphatic heterocycles. The van der Waals surface area contributed by atoms with Crippen molar-refractivity contribution in [1.29, 1.82) is 0 Å². The molecule has 0 heterocycles. The molecule has 2 aromatic rings. The van der Waals surface area contributed by atoms with Crippen molar-refractivity contribution in [3.05, 3.63) is 65.7 Å². The van der Waals surface area contributed by atoms with Crippen molar-refractivity contribution in [2.45, 2.75) is 129 Å². The number of aryl methyl sites for hydroxylation is 2. The zero-order valence-corrected chi connectivity index (χ0v) is 26.1. The Labute approximate surface area is 259 Å². The molecule has 2 aromatic carbocycles. The number of nitro groups is 2. The molecule has 240 valence electrons. The molecule has 2 N–H and O–H groups in total. The summed E-state index contributed by atoms with van der Waals surface area (Å²) in [5.74, 6) is -3.25. The summed E-state index contributed by atoms with van der Waals surface area (Å²) in [5, 5.41) is 46.4. The van der Waals surface area contributed by atoms with Crippen LogP contribution in [0.1, 0.15) is 160 Å². The van der Waals surface area contributed by atoms with Crippen molar-refractivity contribution in [3.8, 4) is 11.5 Å². The lowest BCUT2D eigenvalue weighted by atomic mass is 9.79. The number of nitro benzene ring substituents is 2. The first-order valence-electron chi connectivity index (χ1n) is 16.3. The smallest absolute Gasteiger partial charge is 0.281 e. The second kappa shape index (κ2) is 16.9. The minimum Gasteiger partial charge on any atom is -0.507 e. The first-order chi connectivity index (χ1) is 21.1. The van der Waals surface area contributed by atoms with Crippen molar-refractivity contribution < 1.29 is 29.6 Å². The van der Waals surface area contributed by atoms with E-state index < -0.39 is 66.5 Å². The molecule has 10 nitrogen and oxygen atoms in total. The van der Waals surface area contributed by atoms with E-state index in [1.54, 1.807) is 0 Å². The zero-order valence-electron chi connectivity index (χ0n) is 26.1. The Hall–Kier alpha value is -3.82. The standard InChI is InChI=1S/C34H46N2O8/c1-3-5-7-9-11-12-13-14-16-18-20-24-22-26(36(43)44)28-30(32(24)38)34(40)29-27(33(28)39)25(35(41)42)21-23(31(29)37)19-17-15-10-8-6-4-2/h21-22,37-38H,3-20H2,1-2H3. The second-order valence-corrected chi connectivity index (χ2v) is 11.9. The second-order valence-electron chi connectivity index (χ2n) is 11.9. The van der Waals surface area contributed by atoms with Gasteiger partial charge in [-0.05, 0) is 25.7 Å². The van der Waals surface area contributed by atoms with Crippen LogP contribution in [-0.4, -0.2) is 31.6 Å². The predicted molar refractivity (Wildman–Crippen MR) is 169 cm³/mol. The summed E-state index contributed by atoms with van der Waals surface area (Å²) in [5.41, 5.74) is -3.55. The van der Waals surface area contributed by atoms with Crippen molar-refractivity contribution in [3.63, 3.8) is 0 Å². The largest absolute Gasteiger partial charge is 0.507 e. The average Bonchev–Trinajstić information content (AvgIpc) is 2.99. The highest BCUT2D eigenvalue weighted by atomic mass is 16.6. The number of nitrogens with zero attached hydrogens (tertiary/aromatic N) is 2. The summed E-state index contributed by atoms with van der Waals surface area (Å²) >= 11 is 0. The van der Waals surface area contributed by atoms with Crippen LogP contribution in [0.3, 0.4) is 0 Å². The molecule has 1 aliphatic carbocycles. The van der Waals surface area contributed by atoms with Gasteiger partial charge in [-0.3, -0.25) is 29.8 Å². The third kappa shape index (κ3) is 8.21. The van der Waals surface area contributed by atoms with E-state index in [-0.39, 0.29) is 24.0 Å². The minimum absolute atomic E-state index is 0.158. The first kappa shape index (κ1) is 34.7. The van der Waals surface area contributed by atoms with Crippen molar-refractivity contribution in [2.24, 2.45) is 0 Å². The van der Waals surface area contributed by atoms with E-state index in [1.165, 1.54) is 32.1 Å². The quantitative estimate of drug-likeness (QED) is 0.0727. The maximum atomic E-state index is 13.8. The summed E-state index contributed by atoms with van der Waals surface area (Å²) in [6.07, 6.45) is 17.0. The van der Waals surface area contributed by atoms with Gasteiger partial charge < -0.3 is 10.2 Å². The Bertz CT molecular complexity index is 1370. The summed E-state index contributed by atoms with van der Waals surface area (Å²) in [4.78, 5) is 50.0. The lowest BCUT2D eigenvalue weighted by molar-refractivity contribution is -0.385. The fourth-order valence-corrected chi connectivity index (χ4v) is 6.14. The topological polar surface area (TPSA) is 161 Å². The van der Waals surface area contributed by atoms with Gasteiger partial charge in [0.1, 0.15) is 22.6 Å². The van der Waals surface area contributed by atoms with Crippen LogP contribution in [0, 0.1) is 20.2 Å². The number of rotatable bonds is 20. The van der Waals surface area contributed by atoms with Gasteiger partial charge in [0, 0.05) is 23.3 Å². The molecule has 10 heteroatoms. The van der Waals surface area contributed by atoms with Crippen LogP contribution in [0.4, 0.5) is 11.4 Å². The van der Waals surface area contributed by atoms with Crippen LogP contribution in [0.2, 0.25) is 0 Å². The molecule has 0 saturated carbocycles. The van der Waals surface area contributed by atoms with Crippen LogP contribution in [0.25, 0.3) is 0 Å². The highest BCUT2D eigenvalue weighted by Gasteiger charge is 2.45. The molecular formula is C34H46N2O8. The Morgan fingerprint density at radius 3 is 1.14 bits per heavy atom. The minimum atomic E-state index is -1.13. The number of phenolic OH excluding ortho intramolecular Hbond substituents is 2. The van der Waals surface area contributed by atoms with Gasteiger partial charge in [0.25, 0.3) is 11.4 Å². The van der Waals surface area contributed by atoms with Gasteiger partial charge in [-0.2, -0.15) is 0 Å². The van der Waals surface area contributed by atoms with Gasteiger partial charge in [-0.25, -0.2) is 0 Å². The molecule has 0 unspecified atom stereocenters. The van der Waals surface area contributed by atoms with Gasteiger partial charge >= 0.3 is 0 Å². The molecular weight excluding hydrogens is 564 g/mol. The molecule has 0 aromatic heterocycles. The molecule has 44 heavy (non-hydrogen) atoms. The van der Waals surface area contributed by atoms with Crippen LogP contribution in [0.15, 0.2) is 12.1 Å². The molecule has 0 bridgehead atoms. The Morgan fingerprint density at radius 2 is 0.818 bits per heavy atom. The van der Waals surface area contributed by atoms with Gasteiger partial charge in [0.2, 0.25) is 11.6 Å². The van der Waals surface area contributed by atoms with Gasteiger partial charge in [0.15, 0.2) is 0 Å². The van der Waals surface area contributed by atoms with Crippen molar-refractivity contribution >= 4 is 22.9 Å². The Kier molecular flexibility index (Phi) is 13.3. The van der Waals surface area contributed by atoms with E-state index in [2.05, 4.69) is 13.8 Å². The maximum Gasteiger partial charge on any atom is 0.281 e. The number of aromatic hydroxyl groups is 2. The first-order valence-corrected chi connectivity index (χ1v) is 16.3. The average molecular weight is 611 g/mol. The lowest BCUT2D eigenvalue weighted by Gasteiger charge is -2.22. The molecule has 3 rings (SSSR count). The molecule has 1 aliphatic rings. The summed E-state index contributed by atoms with van der Waals surface area (Å²) in [6, 6.07) is 2.18. The van der Waals surface area contributed by atoms with Crippen molar-refractivity contribution in [1.82, 2.24) is 0 Å². The summed E-state index contributed by atoms with van der Waals surface area (Å²) < 4.78 is 0. The fourth-order valence-electron chi connectivity index (χ4n) is 6.14. The van der Waals surface area contributed by atoms with Crippen LogP contribution >= 0.6 is 0 Å². The number of unbranched alkanes of at least 4 members (excludes halogenated alkanes) is 14. The highest BCUT2D eigenvalue weighted by molar-refractivity contribution is 6.33. The molecule has 0 amide bonds. The van der Waals surface area contributed by atoms with Crippen LogP contribution in [0.5, 0.6) is 11.5 Å². The lowest BCUT2D eigenvalue weighted by Crippen LogP contribution is -2.25. The maximum absolute atomic E-state index is 13.8. The number of phenols is 2.